The summed E-state index contributed by atoms with van der Waals surface area (Å²) < 4.78 is 25.6. The second kappa shape index (κ2) is 3.92. The van der Waals surface area contributed by atoms with Crippen LogP contribution < -0.4 is 0 Å². The zero-order valence-corrected chi connectivity index (χ0v) is 10.6. The number of rotatable bonds is 4. The van der Waals surface area contributed by atoms with Crippen molar-refractivity contribution in [2.24, 2.45) is 0 Å². The van der Waals surface area contributed by atoms with Crippen LogP contribution in [0.2, 0.25) is 0 Å². The molecule has 0 bridgehead atoms. The van der Waals surface area contributed by atoms with Crippen molar-refractivity contribution in [3.05, 3.63) is 29.8 Å². The Labute approximate surface area is 101 Å². The van der Waals surface area contributed by atoms with E-state index in [1.54, 1.807) is 24.3 Å². The summed E-state index contributed by atoms with van der Waals surface area (Å²) >= 11 is 0. The summed E-state index contributed by atoms with van der Waals surface area (Å²) in [4.78, 5) is 11.0. The molecule has 0 atom stereocenters. The summed E-state index contributed by atoms with van der Waals surface area (Å²) in [6.07, 6.45) is 2.94. The van der Waals surface area contributed by atoms with Gasteiger partial charge in [-0.3, -0.25) is 4.79 Å². The molecule has 1 aliphatic carbocycles. The van der Waals surface area contributed by atoms with E-state index in [1.165, 1.54) is 7.05 Å². The largest absolute Gasteiger partial charge is 0.289 e. The number of nitrogens with zero attached hydrogens (tertiary/aromatic N) is 1. The van der Waals surface area contributed by atoms with Crippen molar-refractivity contribution >= 4 is 16.3 Å². The van der Waals surface area contributed by atoms with E-state index in [2.05, 4.69) is 0 Å². The van der Waals surface area contributed by atoms with Gasteiger partial charge in [-0.05, 0) is 31.9 Å². The molecular formula is C12H14NO3S. The first kappa shape index (κ1) is 12.3. The van der Waals surface area contributed by atoms with E-state index in [-0.39, 0.29) is 4.90 Å². The molecule has 17 heavy (non-hydrogen) atoms. The summed E-state index contributed by atoms with van der Waals surface area (Å²) in [5.41, 5.74) is 0.0682. The Bertz CT molecular complexity index is 529. The molecule has 0 N–H and O–H groups in total. The monoisotopic (exact) mass is 252 g/mol. The van der Waals surface area contributed by atoms with Crippen molar-refractivity contribution in [2.75, 3.05) is 7.05 Å². The molecule has 0 spiro atoms. The van der Waals surface area contributed by atoms with Crippen LogP contribution >= 0.6 is 0 Å². The Morgan fingerprint density at radius 2 is 1.76 bits per heavy atom. The quantitative estimate of drug-likeness (QED) is 0.810. The minimum Gasteiger partial charge on any atom is -0.289 e. The van der Waals surface area contributed by atoms with Gasteiger partial charge in [-0.1, -0.05) is 17.7 Å². The van der Waals surface area contributed by atoms with E-state index < -0.39 is 15.6 Å². The molecule has 0 unspecified atom stereocenters. The highest BCUT2D eigenvalue weighted by atomic mass is 32.2. The fourth-order valence-corrected chi connectivity index (χ4v) is 3.17. The first-order valence-electron chi connectivity index (χ1n) is 5.37. The summed E-state index contributed by atoms with van der Waals surface area (Å²) in [6.45, 7) is 1.89. The minimum atomic E-state index is -3.59. The molecule has 1 aliphatic rings. The molecule has 91 valence electrons. The van der Waals surface area contributed by atoms with Crippen molar-refractivity contribution in [1.82, 2.24) is 4.31 Å². The van der Waals surface area contributed by atoms with Gasteiger partial charge in [0.15, 0.2) is 0 Å². The van der Waals surface area contributed by atoms with Gasteiger partial charge in [-0.15, -0.1) is 0 Å². The lowest BCUT2D eigenvalue weighted by atomic mass is 10.2. The maximum absolute atomic E-state index is 12.2. The van der Waals surface area contributed by atoms with Crippen LogP contribution in [0.25, 0.3) is 0 Å². The Morgan fingerprint density at radius 3 is 2.18 bits per heavy atom. The van der Waals surface area contributed by atoms with Gasteiger partial charge in [-0.2, -0.15) is 4.31 Å². The SMILES string of the molecule is Cc1ccc(S(=O)(=O)N(C)C2([C]=O)CC2)cc1. The van der Waals surface area contributed by atoms with Gasteiger partial charge in [0.1, 0.15) is 5.54 Å². The van der Waals surface area contributed by atoms with E-state index in [1.807, 2.05) is 13.2 Å². The molecule has 0 saturated heterocycles. The smallest absolute Gasteiger partial charge is 0.243 e. The third kappa shape index (κ3) is 2.00. The van der Waals surface area contributed by atoms with E-state index in [9.17, 15) is 13.2 Å². The molecule has 4 nitrogen and oxygen atoms in total. The Kier molecular flexibility index (Phi) is 2.83. The van der Waals surface area contributed by atoms with E-state index in [0.29, 0.717) is 12.8 Å². The molecule has 0 heterocycles. The maximum atomic E-state index is 12.2. The number of aryl methyl sites for hydroxylation is 1. The van der Waals surface area contributed by atoms with Gasteiger partial charge in [0.05, 0.1) is 4.90 Å². The molecular weight excluding hydrogens is 238 g/mol. The highest BCUT2D eigenvalue weighted by Gasteiger charge is 2.52. The molecule has 0 amide bonds. The molecule has 1 saturated carbocycles. The summed E-state index contributed by atoms with van der Waals surface area (Å²) in [5, 5.41) is 0. The zero-order valence-electron chi connectivity index (χ0n) is 9.80. The van der Waals surface area contributed by atoms with E-state index in [4.69, 9.17) is 0 Å². The molecule has 1 aromatic carbocycles. The number of benzene rings is 1. The van der Waals surface area contributed by atoms with Gasteiger partial charge in [0, 0.05) is 7.05 Å². The molecule has 5 heteroatoms. The van der Waals surface area contributed by atoms with Crippen molar-refractivity contribution < 1.29 is 13.2 Å². The Morgan fingerprint density at radius 1 is 1.24 bits per heavy atom. The first-order valence-corrected chi connectivity index (χ1v) is 6.81. The second-order valence-corrected chi connectivity index (χ2v) is 6.39. The highest BCUT2D eigenvalue weighted by molar-refractivity contribution is 7.89. The van der Waals surface area contributed by atoms with Crippen molar-refractivity contribution in [3.63, 3.8) is 0 Å². The lowest BCUT2D eigenvalue weighted by Crippen LogP contribution is -2.39. The standard InChI is InChI=1S/C12H14NO3S/c1-10-3-5-11(6-4-10)17(15,16)13(2)12(9-14)7-8-12/h3-6H,7-8H2,1-2H3. The molecule has 0 aliphatic heterocycles. The summed E-state index contributed by atoms with van der Waals surface area (Å²) in [6, 6.07) is 6.60. The van der Waals surface area contributed by atoms with E-state index >= 15 is 0 Å². The Hall–Kier alpha value is -1.20. The predicted octanol–water partition coefficient (Wildman–Crippen LogP) is 1.26. The third-order valence-corrected chi connectivity index (χ3v) is 5.13. The minimum absolute atomic E-state index is 0.215. The van der Waals surface area contributed by atoms with Crippen LogP contribution in [-0.4, -0.2) is 31.6 Å². The number of hydrogen-bond acceptors (Lipinski definition) is 3. The zero-order chi connectivity index (χ0) is 12.7. The van der Waals surface area contributed by atoms with Crippen LogP contribution in [-0.2, 0) is 14.8 Å². The second-order valence-electron chi connectivity index (χ2n) is 4.42. The fourth-order valence-electron chi connectivity index (χ4n) is 1.70. The summed E-state index contributed by atoms with van der Waals surface area (Å²) in [5.74, 6) is 0. The molecule has 2 rings (SSSR count). The predicted molar refractivity (Wildman–Crippen MR) is 63.8 cm³/mol. The van der Waals surface area contributed by atoms with Crippen LogP contribution in [0.1, 0.15) is 18.4 Å². The lowest BCUT2D eigenvalue weighted by molar-refractivity contribution is 0.401. The van der Waals surface area contributed by atoms with Crippen molar-refractivity contribution in [3.8, 4) is 0 Å². The maximum Gasteiger partial charge on any atom is 0.243 e. The van der Waals surface area contributed by atoms with Gasteiger partial charge in [0.2, 0.25) is 16.3 Å². The molecule has 1 aromatic rings. The van der Waals surface area contributed by atoms with Crippen LogP contribution in [0.3, 0.4) is 0 Å². The lowest BCUT2D eigenvalue weighted by Gasteiger charge is -2.22. The van der Waals surface area contributed by atoms with Crippen molar-refractivity contribution in [2.45, 2.75) is 30.2 Å². The average molecular weight is 252 g/mol. The average Bonchev–Trinajstić information content (AvgIpc) is 3.09. The third-order valence-electron chi connectivity index (χ3n) is 3.20. The normalized spacial score (nSPS) is 18.1. The van der Waals surface area contributed by atoms with Crippen LogP contribution in [0.15, 0.2) is 29.2 Å². The number of hydrogen-bond donors (Lipinski definition) is 0. The van der Waals surface area contributed by atoms with Crippen molar-refractivity contribution in [1.29, 1.82) is 0 Å². The number of likely N-dealkylation sites (N-methyl/N-ethyl adjacent to an activating group) is 1. The van der Waals surface area contributed by atoms with Crippen LogP contribution in [0.5, 0.6) is 0 Å². The van der Waals surface area contributed by atoms with Crippen LogP contribution in [0.4, 0.5) is 0 Å². The topological polar surface area (TPSA) is 54.5 Å². The molecule has 1 fully saturated rings. The number of carbonyl (C=O) groups excluding carboxylic acids is 1. The molecule has 1 radical (unpaired) electrons. The van der Waals surface area contributed by atoms with E-state index in [0.717, 1.165) is 9.87 Å². The van der Waals surface area contributed by atoms with Gasteiger partial charge >= 0.3 is 0 Å². The van der Waals surface area contributed by atoms with Crippen LogP contribution in [0, 0.1) is 6.92 Å². The van der Waals surface area contributed by atoms with Gasteiger partial charge in [-0.25, -0.2) is 8.42 Å². The van der Waals surface area contributed by atoms with Gasteiger partial charge in [0.25, 0.3) is 0 Å². The fraction of sp³-hybridized carbons (Fsp3) is 0.417. The molecule has 0 aromatic heterocycles. The number of sulfonamides is 1. The Balaban J connectivity index is 2.37. The highest BCUT2D eigenvalue weighted by Crippen LogP contribution is 2.41. The summed E-state index contributed by atoms with van der Waals surface area (Å²) in [7, 11) is -2.15. The van der Waals surface area contributed by atoms with Gasteiger partial charge < -0.3 is 0 Å². The first-order chi connectivity index (χ1) is 7.92.